The number of carbonyl (C=O) groups excluding carboxylic acids is 1. The topological polar surface area (TPSA) is 94.6 Å². The second-order valence-corrected chi connectivity index (χ2v) is 7.98. The molecule has 0 unspecified atom stereocenters. The van der Waals surface area contributed by atoms with E-state index in [1.165, 1.54) is 7.05 Å². The predicted molar refractivity (Wildman–Crippen MR) is 140 cm³/mol. The van der Waals surface area contributed by atoms with Crippen molar-refractivity contribution in [3.05, 3.63) is 29.6 Å². The average Bonchev–Trinajstić information content (AvgIpc) is 3.04. The highest BCUT2D eigenvalue weighted by molar-refractivity contribution is 6.04. The van der Waals surface area contributed by atoms with Crippen LogP contribution < -0.4 is 16.0 Å². The molecule has 0 fully saturated rings. The first kappa shape index (κ1) is 30.4. The Balaban J connectivity index is 0.00000242. The lowest BCUT2D eigenvalue weighted by molar-refractivity contribution is 0.00586. The van der Waals surface area contributed by atoms with Crippen molar-refractivity contribution >= 4 is 28.5 Å². The third-order valence-corrected chi connectivity index (χ3v) is 4.64. The van der Waals surface area contributed by atoms with Crippen molar-refractivity contribution in [2.75, 3.05) is 44.1 Å². The Morgan fingerprint density at radius 2 is 1.91 bits per heavy atom. The molecule has 0 saturated carbocycles. The molecule has 33 heavy (non-hydrogen) atoms. The van der Waals surface area contributed by atoms with Crippen LogP contribution >= 0.6 is 0 Å². The van der Waals surface area contributed by atoms with Gasteiger partial charge in [0.25, 0.3) is 0 Å². The van der Waals surface area contributed by atoms with E-state index >= 15 is 0 Å². The van der Waals surface area contributed by atoms with Crippen LogP contribution in [0.5, 0.6) is 0 Å². The van der Waals surface area contributed by atoms with Gasteiger partial charge in [-0.1, -0.05) is 19.9 Å². The van der Waals surface area contributed by atoms with Crippen LogP contribution in [0.2, 0.25) is 0 Å². The number of fused-ring (bicyclic) bond motifs is 1. The Bertz CT molecular complexity index is 898. The first-order chi connectivity index (χ1) is 15.6. The van der Waals surface area contributed by atoms with E-state index in [0.29, 0.717) is 18.8 Å². The minimum atomic E-state index is -0.562. The number of esters is 1. The summed E-state index contributed by atoms with van der Waals surface area (Å²) in [6.07, 6.45) is 3.75. The Morgan fingerprint density at radius 1 is 1.30 bits per heavy atom. The summed E-state index contributed by atoms with van der Waals surface area (Å²) in [5, 5.41) is 4.16. The summed E-state index contributed by atoms with van der Waals surface area (Å²) in [5.41, 5.74) is 6.28. The number of allylic oxidation sites excluding steroid dienone is 1. The summed E-state index contributed by atoms with van der Waals surface area (Å²) in [7, 11) is 5.08. The maximum atomic E-state index is 12.9. The number of likely N-dealkylation sites (N-methyl/N-ethyl adjacent to an activating group) is 1. The standard InChI is InChI=1S/C22H34N4O3.C2H6.CH5N/c1-9-11-23-17-14-16-18(20(24-17)26(10-2)12-13-28-8)15(3)19(25(16)7)21(27)29-22(4,5)6;2*1-2/h9,11,14H,10,12-13H2,1-8H3,(H,23,24);1-2H3;2H2,1H3/b11-9+;;. The molecule has 0 aromatic carbocycles. The number of aromatic nitrogens is 2. The monoisotopic (exact) mass is 463 g/mol. The Morgan fingerprint density at radius 3 is 2.39 bits per heavy atom. The number of hydrogen-bond acceptors (Lipinski definition) is 7. The molecule has 0 spiro atoms. The summed E-state index contributed by atoms with van der Waals surface area (Å²) >= 11 is 0. The van der Waals surface area contributed by atoms with E-state index in [4.69, 9.17) is 14.5 Å². The zero-order chi connectivity index (χ0) is 25.8. The molecular weight excluding hydrogens is 418 g/mol. The zero-order valence-electron chi connectivity index (χ0n) is 22.5. The van der Waals surface area contributed by atoms with E-state index in [1.54, 1.807) is 7.11 Å². The third kappa shape index (κ3) is 8.05. The van der Waals surface area contributed by atoms with Gasteiger partial charge in [0.2, 0.25) is 0 Å². The number of nitrogens with two attached hydrogens (primary N) is 1. The number of anilines is 2. The summed E-state index contributed by atoms with van der Waals surface area (Å²) in [4.78, 5) is 19.9. The van der Waals surface area contributed by atoms with E-state index in [1.807, 2.05) is 78.4 Å². The third-order valence-electron chi connectivity index (χ3n) is 4.64. The van der Waals surface area contributed by atoms with Gasteiger partial charge in [0, 0.05) is 38.7 Å². The lowest BCUT2D eigenvalue weighted by atomic mass is 10.1. The maximum Gasteiger partial charge on any atom is 0.355 e. The molecule has 8 heteroatoms. The molecule has 0 saturated heterocycles. The quantitative estimate of drug-likeness (QED) is 0.540. The molecule has 2 rings (SSSR count). The number of nitrogens with one attached hydrogen (secondary N) is 1. The molecule has 2 heterocycles. The molecule has 0 aliphatic rings. The summed E-state index contributed by atoms with van der Waals surface area (Å²) in [6.45, 7) is 17.7. The van der Waals surface area contributed by atoms with Crippen molar-refractivity contribution in [2.45, 2.75) is 61.0 Å². The van der Waals surface area contributed by atoms with Gasteiger partial charge in [0.15, 0.2) is 0 Å². The summed E-state index contributed by atoms with van der Waals surface area (Å²) in [6, 6.07) is 1.96. The minimum absolute atomic E-state index is 0.331. The second kappa shape index (κ2) is 14.5. The van der Waals surface area contributed by atoms with Crippen LogP contribution in [0.3, 0.4) is 0 Å². The van der Waals surface area contributed by atoms with Crippen molar-refractivity contribution in [1.82, 2.24) is 9.55 Å². The van der Waals surface area contributed by atoms with Crippen molar-refractivity contribution < 1.29 is 14.3 Å². The van der Waals surface area contributed by atoms with Gasteiger partial charge in [-0.15, -0.1) is 0 Å². The molecule has 2 aromatic rings. The maximum absolute atomic E-state index is 12.9. The molecule has 0 atom stereocenters. The van der Waals surface area contributed by atoms with Crippen molar-refractivity contribution in [1.29, 1.82) is 0 Å². The van der Waals surface area contributed by atoms with Gasteiger partial charge < -0.3 is 30.0 Å². The van der Waals surface area contributed by atoms with E-state index < -0.39 is 5.60 Å². The Kier molecular flexibility index (Phi) is 13.4. The van der Waals surface area contributed by atoms with E-state index in [-0.39, 0.29) is 5.97 Å². The fraction of sp³-hybridized carbons (Fsp3) is 0.600. The number of pyridine rings is 1. The van der Waals surface area contributed by atoms with E-state index in [9.17, 15) is 4.79 Å². The lowest BCUT2D eigenvalue weighted by Gasteiger charge is -2.23. The van der Waals surface area contributed by atoms with Gasteiger partial charge in [-0.2, -0.15) is 0 Å². The fourth-order valence-corrected chi connectivity index (χ4v) is 3.34. The van der Waals surface area contributed by atoms with Crippen LogP contribution in [0, 0.1) is 6.92 Å². The molecule has 8 nitrogen and oxygen atoms in total. The molecule has 188 valence electrons. The molecule has 2 aromatic heterocycles. The van der Waals surface area contributed by atoms with Gasteiger partial charge in [-0.3, -0.25) is 0 Å². The number of methoxy groups -OCH3 is 1. The van der Waals surface area contributed by atoms with Crippen LogP contribution in [0.1, 0.15) is 64.5 Å². The van der Waals surface area contributed by atoms with Gasteiger partial charge in [-0.05, 0) is 60.4 Å². The zero-order valence-corrected chi connectivity index (χ0v) is 22.5. The molecule has 0 bridgehead atoms. The number of aryl methyl sites for hydroxylation is 2. The number of rotatable bonds is 8. The highest BCUT2D eigenvalue weighted by atomic mass is 16.6. The van der Waals surface area contributed by atoms with Crippen LogP contribution in [-0.2, 0) is 16.5 Å². The lowest BCUT2D eigenvalue weighted by Crippen LogP contribution is -2.28. The highest BCUT2D eigenvalue weighted by Crippen LogP contribution is 2.35. The van der Waals surface area contributed by atoms with Crippen LogP contribution in [-0.4, -0.2) is 55.0 Å². The summed E-state index contributed by atoms with van der Waals surface area (Å²) in [5.74, 6) is 1.22. The molecular formula is C25H45N5O3. The molecule has 0 aliphatic heterocycles. The number of ether oxygens (including phenoxy) is 2. The molecule has 0 aliphatic carbocycles. The Labute approximate surface area is 200 Å². The normalized spacial score (nSPS) is 10.9. The fourth-order valence-electron chi connectivity index (χ4n) is 3.34. The van der Waals surface area contributed by atoms with Gasteiger partial charge in [-0.25, -0.2) is 9.78 Å². The van der Waals surface area contributed by atoms with Gasteiger partial charge >= 0.3 is 5.97 Å². The minimum Gasteiger partial charge on any atom is -0.455 e. The van der Waals surface area contributed by atoms with Crippen molar-refractivity contribution in [3.8, 4) is 0 Å². The summed E-state index contributed by atoms with van der Waals surface area (Å²) < 4.78 is 12.8. The first-order valence-electron chi connectivity index (χ1n) is 11.6. The number of nitrogens with zero attached hydrogens (tertiary/aromatic N) is 3. The van der Waals surface area contributed by atoms with Crippen molar-refractivity contribution in [3.63, 3.8) is 0 Å². The predicted octanol–water partition coefficient (Wildman–Crippen LogP) is 4.86. The van der Waals surface area contributed by atoms with Crippen molar-refractivity contribution in [2.24, 2.45) is 12.8 Å². The smallest absolute Gasteiger partial charge is 0.355 e. The Hall–Kier alpha value is -2.58. The number of hydrogen-bond donors (Lipinski definition) is 2. The molecule has 3 N–H and O–H groups in total. The van der Waals surface area contributed by atoms with Gasteiger partial charge in [0.05, 0.1) is 12.1 Å². The molecule has 0 amide bonds. The average molecular weight is 464 g/mol. The van der Waals surface area contributed by atoms with E-state index in [0.717, 1.165) is 34.6 Å². The van der Waals surface area contributed by atoms with Crippen LogP contribution in [0.25, 0.3) is 10.9 Å². The largest absolute Gasteiger partial charge is 0.455 e. The second-order valence-electron chi connectivity index (χ2n) is 7.98. The van der Waals surface area contributed by atoms with Gasteiger partial charge in [0.1, 0.15) is 22.9 Å². The SMILES string of the molecule is C/C=C/Nc1cc2c(c(N(CC)CCOC)n1)c(C)c(C(=O)OC(C)(C)C)n2C.CC.CN. The molecule has 0 radical (unpaired) electrons. The van der Waals surface area contributed by atoms with Crippen LogP contribution in [0.15, 0.2) is 18.3 Å². The number of carbonyl (C=O) groups is 1. The first-order valence-corrected chi connectivity index (χ1v) is 11.6. The highest BCUT2D eigenvalue weighted by Gasteiger charge is 2.27. The van der Waals surface area contributed by atoms with E-state index in [2.05, 4.69) is 22.9 Å². The van der Waals surface area contributed by atoms with Crippen LogP contribution in [0.4, 0.5) is 11.6 Å².